The number of amides is 3. The van der Waals surface area contributed by atoms with Gasteiger partial charge in [0.25, 0.3) is 0 Å². The molecule has 3 amide bonds. The van der Waals surface area contributed by atoms with Gasteiger partial charge >= 0.3 is 5.97 Å². The summed E-state index contributed by atoms with van der Waals surface area (Å²) < 4.78 is 31.5. The predicted octanol–water partition coefficient (Wildman–Crippen LogP) is 3.44. The Labute approximate surface area is 467 Å². The molecule has 0 radical (unpaired) electrons. The minimum atomic E-state index is -1.67. The van der Waals surface area contributed by atoms with Crippen molar-refractivity contribution in [2.45, 2.75) is 262 Å². The fraction of sp³-hybridized carbons (Fsp3) is 0.932. The number of aliphatic carboxylic acids is 1. The number of aliphatic hydroxyl groups excluding tert-OH is 7. The Hall–Kier alpha value is -2.60. The Bertz CT molecular complexity index is 2070. The van der Waals surface area contributed by atoms with Crippen LogP contribution >= 0.6 is 0 Å². The molecule has 20 heteroatoms. The second-order valence-electron chi connectivity index (χ2n) is 26.8. The molecule has 2 aliphatic heterocycles. The molecule has 8 aliphatic rings. The maximum absolute atomic E-state index is 14.2. The number of fused-ring (bicyclic) bond motifs is 5. The molecule has 0 bridgehead atoms. The van der Waals surface area contributed by atoms with Crippen molar-refractivity contribution in [2.24, 2.45) is 63.6 Å². The topological polar surface area (TPSA) is 312 Å². The first-order chi connectivity index (χ1) is 37.4. The molecule has 8 rings (SSSR count). The summed E-state index contributed by atoms with van der Waals surface area (Å²) in [6, 6.07) is -1.32. The van der Waals surface area contributed by atoms with Gasteiger partial charge in [-0.1, -0.05) is 73.1 Å². The van der Waals surface area contributed by atoms with E-state index in [1.54, 1.807) is 0 Å². The lowest BCUT2D eigenvalue weighted by Gasteiger charge is -2.66. The standard InChI is InChI=1S/C59H99N3O17/c1-8-34-23-35(53(72)61-21-20-60-45(67)15-14-30(2)36-25-43-57(5,28-36)18-17-42-58(6)19-16-38(65)26-37(58)27-44(66)59(42,43)7)24-39(51(34)79-56-50(71)49(70)47(68)31(3)75-56)77-55-46(62-32(4)64)52(48(69)41(29-63)78-55)76-40(54(73)74)22-33-12-10-9-11-13-33/h30-31,33-44,46-52,55-56,63,65-66,68-71H,8-29H2,1-7H3,(H,60,67)(H,61,72)(H,62,64)(H,73,74)/t30-,31?,34?,35?,36+,37+,38-,39-,40+,41-,42-,43-,44-,46-,47?,48+,49?,50?,51-,52-,55+,56?,57-,58+,59-/m1/s1. The Morgan fingerprint density at radius 1 is 0.772 bits per heavy atom. The molecule has 0 spiro atoms. The van der Waals surface area contributed by atoms with Gasteiger partial charge in [-0.2, -0.15) is 0 Å². The van der Waals surface area contributed by atoms with Gasteiger partial charge in [-0.05, 0) is 136 Å². The monoisotopic (exact) mass is 1120 g/mol. The normalized spacial score (nSPS) is 45.2. The molecule has 25 atom stereocenters. The van der Waals surface area contributed by atoms with Crippen molar-refractivity contribution in [1.29, 1.82) is 0 Å². The van der Waals surface area contributed by atoms with Crippen LogP contribution in [0.5, 0.6) is 0 Å². The second-order valence-corrected chi connectivity index (χ2v) is 26.8. The number of rotatable bonds is 20. The number of aliphatic hydroxyl groups is 7. The Kier molecular flexibility index (Phi) is 20.6. The second kappa shape index (κ2) is 26.1. The van der Waals surface area contributed by atoms with E-state index >= 15 is 0 Å². The van der Waals surface area contributed by atoms with Gasteiger partial charge in [0.2, 0.25) is 17.7 Å². The molecule has 0 aromatic carbocycles. The van der Waals surface area contributed by atoms with E-state index in [0.717, 1.165) is 89.9 Å². The summed E-state index contributed by atoms with van der Waals surface area (Å²) in [5, 5.41) is 96.0. The predicted molar refractivity (Wildman–Crippen MR) is 287 cm³/mol. The molecule has 452 valence electrons. The molecule has 7 unspecified atom stereocenters. The van der Waals surface area contributed by atoms with Crippen LogP contribution in [0.4, 0.5) is 0 Å². The maximum atomic E-state index is 14.2. The minimum Gasteiger partial charge on any atom is -0.479 e. The van der Waals surface area contributed by atoms with E-state index in [0.29, 0.717) is 42.4 Å². The number of hydrogen-bond acceptors (Lipinski definition) is 16. The Balaban J connectivity index is 0.900. The highest BCUT2D eigenvalue weighted by atomic mass is 16.7. The fourth-order valence-corrected chi connectivity index (χ4v) is 17.2. The lowest BCUT2D eigenvalue weighted by molar-refractivity contribution is -0.338. The third kappa shape index (κ3) is 13.4. The maximum Gasteiger partial charge on any atom is 0.332 e. The molecule has 0 aromatic rings. The lowest BCUT2D eigenvalue weighted by atomic mass is 9.39. The molecular formula is C59H99N3O17. The van der Waals surface area contributed by atoms with Crippen LogP contribution in [0.2, 0.25) is 0 Å². The molecule has 20 nitrogen and oxygen atoms in total. The molecule has 11 N–H and O–H groups in total. The summed E-state index contributed by atoms with van der Waals surface area (Å²) in [7, 11) is 0. The van der Waals surface area contributed by atoms with Gasteiger partial charge in [0, 0.05) is 37.8 Å². The van der Waals surface area contributed by atoms with Crippen molar-refractivity contribution in [1.82, 2.24) is 16.0 Å². The third-order valence-corrected chi connectivity index (χ3v) is 21.9. The number of carbonyl (C=O) groups is 4. The van der Waals surface area contributed by atoms with E-state index in [1.165, 1.54) is 13.8 Å². The summed E-state index contributed by atoms with van der Waals surface area (Å²) in [6.07, 6.45) is -2.70. The first kappa shape index (κ1) is 62.4. The molecule has 8 fully saturated rings. The van der Waals surface area contributed by atoms with Crippen molar-refractivity contribution in [3.05, 3.63) is 0 Å². The Morgan fingerprint density at radius 2 is 1.49 bits per heavy atom. The van der Waals surface area contributed by atoms with E-state index in [-0.39, 0.29) is 72.4 Å². The first-order valence-electron chi connectivity index (χ1n) is 30.4. The quantitative estimate of drug-likeness (QED) is 0.0778. The van der Waals surface area contributed by atoms with Crippen molar-refractivity contribution >= 4 is 23.7 Å². The molecule has 0 aromatic heterocycles. The van der Waals surface area contributed by atoms with Gasteiger partial charge in [-0.3, -0.25) is 14.4 Å². The van der Waals surface area contributed by atoms with Crippen LogP contribution in [0.3, 0.4) is 0 Å². The third-order valence-electron chi connectivity index (χ3n) is 21.9. The number of carbonyl (C=O) groups excluding carboxylic acids is 3. The summed E-state index contributed by atoms with van der Waals surface area (Å²) in [5.41, 5.74) is 0.0638. The van der Waals surface area contributed by atoms with E-state index in [1.807, 2.05) is 6.92 Å². The minimum absolute atomic E-state index is 0.00540. The van der Waals surface area contributed by atoms with Gasteiger partial charge in [0.05, 0.1) is 37.1 Å². The zero-order valence-corrected chi connectivity index (χ0v) is 48.1. The van der Waals surface area contributed by atoms with Crippen LogP contribution in [0.15, 0.2) is 0 Å². The van der Waals surface area contributed by atoms with Gasteiger partial charge in [0.1, 0.15) is 42.7 Å². The first-order valence-corrected chi connectivity index (χ1v) is 30.4. The average Bonchev–Trinajstić information content (AvgIpc) is 4.09. The van der Waals surface area contributed by atoms with Gasteiger partial charge in [-0.15, -0.1) is 0 Å². The average molecular weight is 1120 g/mol. The van der Waals surface area contributed by atoms with Crippen molar-refractivity contribution < 1.29 is 83.7 Å². The zero-order valence-electron chi connectivity index (χ0n) is 48.1. The number of nitrogens with one attached hydrogen (secondary N) is 3. The highest BCUT2D eigenvalue weighted by Crippen LogP contribution is 2.72. The summed E-state index contributed by atoms with van der Waals surface area (Å²) in [6.45, 7) is 13.7. The number of carboxylic acid groups (broad SMARTS) is 1. The lowest BCUT2D eigenvalue weighted by Crippen LogP contribution is -2.67. The van der Waals surface area contributed by atoms with E-state index in [2.05, 4.69) is 43.6 Å². The van der Waals surface area contributed by atoms with Crippen LogP contribution in [-0.4, -0.2) is 176 Å². The number of carboxylic acids is 1. The van der Waals surface area contributed by atoms with Crippen molar-refractivity contribution in [2.75, 3.05) is 19.7 Å². The summed E-state index contributed by atoms with van der Waals surface area (Å²) in [4.78, 5) is 53.2. The van der Waals surface area contributed by atoms with E-state index in [9.17, 15) is 60.0 Å². The van der Waals surface area contributed by atoms with Crippen LogP contribution in [0.1, 0.15) is 170 Å². The molecule has 6 aliphatic carbocycles. The van der Waals surface area contributed by atoms with Crippen LogP contribution < -0.4 is 16.0 Å². The van der Waals surface area contributed by atoms with E-state index in [4.69, 9.17) is 23.7 Å². The van der Waals surface area contributed by atoms with Crippen LogP contribution in [-0.2, 0) is 42.9 Å². The molecule has 2 saturated heterocycles. The summed E-state index contributed by atoms with van der Waals surface area (Å²) in [5.74, 6) is -1.43. The Morgan fingerprint density at radius 3 is 2.18 bits per heavy atom. The van der Waals surface area contributed by atoms with Gasteiger partial charge in [-0.25, -0.2) is 4.79 Å². The highest BCUT2D eigenvalue weighted by Gasteiger charge is 2.67. The molecular weight excluding hydrogens is 1020 g/mol. The molecule has 79 heavy (non-hydrogen) atoms. The van der Waals surface area contributed by atoms with Crippen molar-refractivity contribution in [3.8, 4) is 0 Å². The smallest absolute Gasteiger partial charge is 0.332 e. The SMILES string of the molecule is CCC1CC(C(=O)NCCNC(=O)CC[C@@H](C)[C@H]2C[C@@H]3[C@](C)(CC[C@@H]4[C@@]5(C)CC[C@@H](O)C[C@H]5C[C@@H](O)[C@@]34C)C2)C[C@@H](O[C@H]2O[C@H](CO)[C@H](O)[C@H](O[C@@H](CC3CCCCC3)C(=O)O)[C@H]2NC(C)=O)[C@@H]1OC1OC(C)C(O)C(O)C1O. The number of hydrogen-bond donors (Lipinski definition) is 11. The van der Waals surface area contributed by atoms with E-state index < -0.39 is 116 Å². The van der Waals surface area contributed by atoms with Crippen LogP contribution in [0.25, 0.3) is 0 Å². The number of ether oxygens (including phenoxy) is 5. The van der Waals surface area contributed by atoms with Crippen molar-refractivity contribution in [3.63, 3.8) is 0 Å². The summed E-state index contributed by atoms with van der Waals surface area (Å²) >= 11 is 0. The van der Waals surface area contributed by atoms with Crippen LogP contribution in [0, 0.1) is 63.6 Å². The molecule has 6 saturated carbocycles. The largest absolute Gasteiger partial charge is 0.479 e. The molecule has 2 heterocycles. The van der Waals surface area contributed by atoms with Gasteiger partial charge < -0.3 is 80.5 Å². The highest BCUT2D eigenvalue weighted by molar-refractivity contribution is 5.79. The fourth-order valence-electron chi connectivity index (χ4n) is 17.2. The van der Waals surface area contributed by atoms with Gasteiger partial charge in [0.15, 0.2) is 18.7 Å². The zero-order chi connectivity index (χ0) is 57.3.